The van der Waals surface area contributed by atoms with Gasteiger partial charge in [-0.2, -0.15) is 0 Å². The van der Waals surface area contributed by atoms with Gasteiger partial charge in [-0.05, 0) is 39.8 Å². The van der Waals surface area contributed by atoms with Gasteiger partial charge in [0.05, 0.1) is 12.7 Å². The highest BCUT2D eigenvalue weighted by molar-refractivity contribution is 5.96. The monoisotopic (exact) mass is 275 g/mol. The summed E-state index contributed by atoms with van der Waals surface area (Å²) in [4.78, 5) is 14.7. The maximum atomic E-state index is 12.3. The van der Waals surface area contributed by atoms with Gasteiger partial charge in [-0.1, -0.05) is 17.2 Å². The molecule has 1 aromatic rings. The standard InChI is InChI=1S/C17H25NO2/c1-12-7-13(2)9-16(8-12)17(19)5-6-18-10-15(4)20-11-14(18)3/h7-9,14-15H,5-6,10-11H2,1-4H3. The zero-order chi connectivity index (χ0) is 14.7. The Labute approximate surface area is 121 Å². The number of ketones is 1. The summed E-state index contributed by atoms with van der Waals surface area (Å²) in [6.07, 6.45) is 0.850. The lowest BCUT2D eigenvalue weighted by Crippen LogP contribution is -2.47. The van der Waals surface area contributed by atoms with Gasteiger partial charge in [0.25, 0.3) is 0 Å². The fraction of sp³-hybridized carbons (Fsp3) is 0.588. The van der Waals surface area contributed by atoms with Crippen molar-refractivity contribution in [3.05, 3.63) is 34.9 Å². The van der Waals surface area contributed by atoms with Gasteiger partial charge >= 0.3 is 0 Å². The predicted molar refractivity (Wildman–Crippen MR) is 81.3 cm³/mol. The third kappa shape index (κ3) is 3.90. The van der Waals surface area contributed by atoms with Crippen LogP contribution in [0.15, 0.2) is 18.2 Å². The number of carbonyl (C=O) groups is 1. The van der Waals surface area contributed by atoms with Crippen molar-refractivity contribution in [1.82, 2.24) is 4.90 Å². The lowest BCUT2D eigenvalue weighted by molar-refractivity contribution is -0.0488. The van der Waals surface area contributed by atoms with Crippen molar-refractivity contribution in [2.75, 3.05) is 19.7 Å². The smallest absolute Gasteiger partial charge is 0.164 e. The third-order valence-electron chi connectivity index (χ3n) is 3.91. The van der Waals surface area contributed by atoms with Crippen LogP contribution in [-0.4, -0.2) is 42.5 Å². The summed E-state index contributed by atoms with van der Waals surface area (Å²) in [6.45, 7) is 10.8. The van der Waals surface area contributed by atoms with Gasteiger partial charge in [0.2, 0.25) is 0 Å². The Kier molecular flexibility index (Phi) is 4.95. The number of hydrogen-bond donors (Lipinski definition) is 0. The molecule has 2 unspecified atom stereocenters. The first-order valence-corrected chi connectivity index (χ1v) is 7.43. The molecule has 0 aliphatic carbocycles. The quantitative estimate of drug-likeness (QED) is 0.791. The van der Waals surface area contributed by atoms with Crippen LogP contribution >= 0.6 is 0 Å². The second kappa shape index (κ2) is 6.51. The van der Waals surface area contributed by atoms with Crippen LogP contribution < -0.4 is 0 Å². The van der Waals surface area contributed by atoms with Crippen molar-refractivity contribution in [3.8, 4) is 0 Å². The summed E-state index contributed by atoms with van der Waals surface area (Å²) < 4.78 is 5.62. The molecule has 110 valence electrons. The molecule has 1 aliphatic heterocycles. The number of benzene rings is 1. The van der Waals surface area contributed by atoms with Crippen LogP contribution in [0.1, 0.15) is 41.8 Å². The van der Waals surface area contributed by atoms with Gasteiger partial charge in [-0.3, -0.25) is 9.69 Å². The molecule has 0 N–H and O–H groups in total. The highest BCUT2D eigenvalue weighted by atomic mass is 16.5. The van der Waals surface area contributed by atoms with Crippen molar-refractivity contribution >= 4 is 5.78 Å². The summed E-state index contributed by atoms with van der Waals surface area (Å²) in [7, 11) is 0. The SMILES string of the molecule is Cc1cc(C)cc(C(=O)CCN2CC(C)OCC2C)c1. The van der Waals surface area contributed by atoms with Crippen molar-refractivity contribution < 1.29 is 9.53 Å². The third-order valence-corrected chi connectivity index (χ3v) is 3.91. The van der Waals surface area contributed by atoms with Gasteiger partial charge in [-0.25, -0.2) is 0 Å². The van der Waals surface area contributed by atoms with Crippen LogP contribution in [0.2, 0.25) is 0 Å². The van der Waals surface area contributed by atoms with Crippen LogP contribution in [0.3, 0.4) is 0 Å². The number of morpholine rings is 1. The molecule has 1 heterocycles. The molecule has 2 atom stereocenters. The molecule has 0 bridgehead atoms. The lowest BCUT2D eigenvalue weighted by Gasteiger charge is -2.36. The van der Waals surface area contributed by atoms with E-state index in [0.29, 0.717) is 12.5 Å². The van der Waals surface area contributed by atoms with Crippen LogP contribution in [0.4, 0.5) is 0 Å². The van der Waals surface area contributed by atoms with Gasteiger partial charge < -0.3 is 4.74 Å². The Morgan fingerprint density at radius 2 is 1.90 bits per heavy atom. The first-order chi connectivity index (χ1) is 9.45. The number of rotatable bonds is 4. The van der Waals surface area contributed by atoms with Crippen LogP contribution in [0.25, 0.3) is 0 Å². The zero-order valence-electron chi connectivity index (χ0n) is 13.0. The maximum absolute atomic E-state index is 12.3. The molecule has 1 fully saturated rings. The van der Waals surface area contributed by atoms with E-state index in [4.69, 9.17) is 4.74 Å². The number of hydrogen-bond acceptors (Lipinski definition) is 3. The van der Waals surface area contributed by atoms with E-state index in [2.05, 4.69) is 24.8 Å². The minimum absolute atomic E-state index is 0.239. The van der Waals surface area contributed by atoms with E-state index < -0.39 is 0 Å². The molecule has 0 radical (unpaired) electrons. The Hall–Kier alpha value is -1.19. The molecule has 2 rings (SSSR count). The van der Waals surface area contributed by atoms with E-state index in [9.17, 15) is 4.79 Å². The first-order valence-electron chi connectivity index (χ1n) is 7.43. The molecular formula is C17H25NO2. The summed E-state index contributed by atoms with van der Waals surface area (Å²) in [5.41, 5.74) is 3.15. The summed E-state index contributed by atoms with van der Waals surface area (Å²) in [6, 6.07) is 6.47. The average molecular weight is 275 g/mol. The van der Waals surface area contributed by atoms with Crippen LogP contribution in [0.5, 0.6) is 0 Å². The summed E-state index contributed by atoms with van der Waals surface area (Å²) in [5.74, 6) is 0.239. The highest BCUT2D eigenvalue weighted by Gasteiger charge is 2.23. The molecule has 1 aromatic carbocycles. The van der Waals surface area contributed by atoms with E-state index >= 15 is 0 Å². The molecule has 0 spiro atoms. The Bertz CT molecular complexity index is 464. The van der Waals surface area contributed by atoms with Gasteiger partial charge in [-0.15, -0.1) is 0 Å². The zero-order valence-corrected chi connectivity index (χ0v) is 13.0. The van der Waals surface area contributed by atoms with Crippen molar-refractivity contribution in [1.29, 1.82) is 0 Å². The van der Waals surface area contributed by atoms with Crippen LogP contribution in [0, 0.1) is 13.8 Å². The predicted octanol–water partition coefficient (Wildman–Crippen LogP) is 2.99. The molecule has 3 heteroatoms. The van der Waals surface area contributed by atoms with Crippen molar-refractivity contribution in [3.63, 3.8) is 0 Å². The number of nitrogens with zero attached hydrogens (tertiary/aromatic N) is 1. The Morgan fingerprint density at radius 3 is 2.55 bits per heavy atom. The molecule has 20 heavy (non-hydrogen) atoms. The molecule has 1 aliphatic rings. The second-order valence-corrected chi connectivity index (χ2v) is 6.04. The topological polar surface area (TPSA) is 29.5 Å². The fourth-order valence-electron chi connectivity index (χ4n) is 2.81. The minimum Gasteiger partial charge on any atom is -0.376 e. The van der Waals surface area contributed by atoms with Crippen molar-refractivity contribution in [2.45, 2.75) is 46.3 Å². The van der Waals surface area contributed by atoms with Gasteiger partial charge in [0.15, 0.2) is 5.78 Å². The minimum atomic E-state index is 0.239. The molecule has 0 amide bonds. The lowest BCUT2D eigenvalue weighted by atomic mass is 10.0. The number of aryl methyl sites for hydroxylation is 2. The van der Waals surface area contributed by atoms with Gasteiger partial charge in [0, 0.05) is 31.1 Å². The van der Waals surface area contributed by atoms with E-state index in [-0.39, 0.29) is 11.9 Å². The van der Waals surface area contributed by atoms with Gasteiger partial charge in [0.1, 0.15) is 0 Å². The Balaban J connectivity index is 1.94. The number of ether oxygens (including phenoxy) is 1. The average Bonchev–Trinajstić information content (AvgIpc) is 2.38. The largest absolute Gasteiger partial charge is 0.376 e. The summed E-state index contributed by atoms with van der Waals surface area (Å²) >= 11 is 0. The first kappa shape index (κ1) is 15.2. The van der Waals surface area contributed by atoms with E-state index in [1.54, 1.807) is 0 Å². The molecule has 3 nitrogen and oxygen atoms in total. The number of carbonyl (C=O) groups excluding carboxylic acids is 1. The number of Topliss-reactive ketones (excluding diaryl/α,β-unsaturated/α-hetero) is 1. The normalized spacial score (nSPS) is 23.8. The van der Waals surface area contributed by atoms with E-state index in [1.165, 1.54) is 0 Å². The highest BCUT2D eigenvalue weighted by Crippen LogP contribution is 2.14. The second-order valence-electron chi connectivity index (χ2n) is 6.04. The molecular weight excluding hydrogens is 250 g/mol. The fourth-order valence-corrected chi connectivity index (χ4v) is 2.81. The van der Waals surface area contributed by atoms with Crippen LogP contribution in [-0.2, 0) is 4.74 Å². The maximum Gasteiger partial charge on any atom is 0.164 e. The van der Waals surface area contributed by atoms with E-state index in [1.807, 2.05) is 26.0 Å². The molecule has 1 saturated heterocycles. The molecule has 0 saturated carbocycles. The molecule has 0 aromatic heterocycles. The Morgan fingerprint density at radius 1 is 1.25 bits per heavy atom. The van der Waals surface area contributed by atoms with E-state index in [0.717, 1.165) is 36.4 Å². The summed E-state index contributed by atoms with van der Waals surface area (Å²) in [5, 5.41) is 0. The van der Waals surface area contributed by atoms with Crippen molar-refractivity contribution in [2.24, 2.45) is 0 Å².